The Labute approximate surface area is 126 Å². The molecule has 1 atom stereocenters. The van der Waals surface area contributed by atoms with Crippen LogP contribution in [0.2, 0.25) is 0 Å². The number of nitrogens with zero attached hydrogens (tertiary/aromatic N) is 3. The molecule has 0 radical (unpaired) electrons. The molecule has 1 aliphatic carbocycles. The fourth-order valence-corrected chi connectivity index (χ4v) is 3.10. The van der Waals surface area contributed by atoms with E-state index in [-0.39, 0.29) is 11.8 Å². The fraction of sp³-hybridized carbons (Fsp3) is 0.800. The summed E-state index contributed by atoms with van der Waals surface area (Å²) in [6, 6.07) is 0. The first-order chi connectivity index (χ1) is 10.2. The summed E-state index contributed by atoms with van der Waals surface area (Å²) in [6.45, 7) is 3.58. The number of rotatable bonds is 6. The molecule has 1 heterocycles. The maximum absolute atomic E-state index is 12.4. The average Bonchev–Trinajstić information content (AvgIpc) is 2.80. The summed E-state index contributed by atoms with van der Waals surface area (Å²) in [6.07, 6.45) is 8.97. The number of nitrogens with two attached hydrogens (primary N) is 1. The summed E-state index contributed by atoms with van der Waals surface area (Å²) in [5, 5.41) is 11.4. The molecule has 1 fully saturated rings. The summed E-state index contributed by atoms with van der Waals surface area (Å²) in [7, 11) is 0. The van der Waals surface area contributed by atoms with Gasteiger partial charge >= 0.3 is 0 Å². The van der Waals surface area contributed by atoms with Crippen molar-refractivity contribution in [3.05, 3.63) is 11.9 Å². The van der Waals surface area contributed by atoms with Crippen molar-refractivity contribution in [1.29, 1.82) is 0 Å². The van der Waals surface area contributed by atoms with Gasteiger partial charge in [0.15, 0.2) is 0 Å². The molecule has 1 amide bonds. The first-order valence-electron chi connectivity index (χ1n) is 8.11. The quantitative estimate of drug-likeness (QED) is 0.778. The van der Waals surface area contributed by atoms with Gasteiger partial charge in [0.2, 0.25) is 5.91 Å². The van der Waals surface area contributed by atoms with Crippen LogP contribution in [0.1, 0.15) is 51.1 Å². The lowest BCUT2D eigenvalue weighted by Gasteiger charge is -2.23. The molecule has 1 saturated carbocycles. The van der Waals surface area contributed by atoms with Gasteiger partial charge in [0.05, 0.1) is 25.2 Å². The van der Waals surface area contributed by atoms with Gasteiger partial charge in [-0.15, -0.1) is 0 Å². The second-order valence-electron chi connectivity index (χ2n) is 5.84. The third-order valence-corrected chi connectivity index (χ3v) is 4.37. The Hall–Kier alpha value is -1.43. The first-order valence-corrected chi connectivity index (χ1v) is 8.11. The highest BCUT2D eigenvalue weighted by molar-refractivity contribution is 5.79. The molecular formula is C15H27N5O. The average molecular weight is 293 g/mol. The van der Waals surface area contributed by atoms with E-state index in [0.717, 1.165) is 25.1 Å². The van der Waals surface area contributed by atoms with Gasteiger partial charge in [0, 0.05) is 6.54 Å². The smallest absolute Gasteiger partial charge is 0.224 e. The van der Waals surface area contributed by atoms with E-state index in [9.17, 15) is 4.79 Å². The second kappa shape index (κ2) is 8.12. The highest BCUT2D eigenvalue weighted by atomic mass is 16.1. The number of carbonyl (C=O) groups is 1. The van der Waals surface area contributed by atoms with Gasteiger partial charge in [0.1, 0.15) is 5.69 Å². The van der Waals surface area contributed by atoms with Crippen molar-refractivity contribution in [2.45, 2.75) is 58.5 Å². The minimum Gasteiger partial charge on any atom is -0.350 e. The number of hydrogen-bond acceptors (Lipinski definition) is 4. The lowest BCUT2D eigenvalue weighted by Crippen LogP contribution is -2.39. The number of amides is 1. The first kappa shape index (κ1) is 15.9. The number of aromatic nitrogens is 3. The summed E-state index contributed by atoms with van der Waals surface area (Å²) in [4.78, 5) is 14.0. The second-order valence-corrected chi connectivity index (χ2v) is 5.84. The lowest BCUT2D eigenvalue weighted by molar-refractivity contribution is -0.126. The SMILES string of the molecule is CCn1ncc(CNC(=O)C(CN)C2CCCCCC2)n1. The van der Waals surface area contributed by atoms with E-state index < -0.39 is 0 Å². The molecule has 0 bridgehead atoms. The Balaban J connectivity index is 1.87. The summed E-state index contributed by atoms with van der Waals surface area (Å²) < 4.78 is 0. The van der Waals surface area contributed by atoms with Crippen LogP contribution < -0.4 is 11.1 Å². The summed E-state index contributed by atoms with van der Waals surface area (Å²) in [5.41, 5.74) is 6.65. The molecule has 0 spiro atoms. The Morgan fingerprint density at radius 3 is 2.71 bits per heavy atom. The lowest BCUT2D eigenvalue weighted by atomic mass is 9.85. The zero-order chi connectivity index (χ0) is 15.1. The monoisotopic (exact) mass is 293 g/mol. The van der Waals surface area contributed by atoms with Crippen LogP contribution in [-0.4, -0.2) is 27.4 Å². The molecule has 1 aromatic heterocycles. The molecule has 3 N–H and O–H groups in total. The van der Waals surface area contributed by atoms with Crippen molar-refractivity contribution < 1.29 is 4.79 Å². The third-order valence-electron chi connectivity index (χ3n) is 4.37. The predicted octanol–water partition coefficient (Wildman–Crippen LogP) is 1.46. The predicted molar refractivity (Wildman–Crippen MR) is 81.3 cm³/mol. The zero-order valence-corrected chi connectivity index (χ0v) is 12.9. The molecule has 1 aromatic rings. The van der Waals surface area contributed by atoms with Crippen molar-refractivity contribution in [2.24, 2.45) is 17.6 Å². The normalized spacial score (nSPS) is 18.2. The molecule has 0 aliphatic heterocycles. The third kappa shape index (κ3) is 4.52. The van der Waals surface area contributed by atoms with Gasteiger partial charge in [0.25, 0.3) is 0 Å². The highest BCUT2D eigenvalue weighted by Crippen LogP contribution is 2.28. The van der Waals surface area contributed by atoms with Gasteiger partial charge in [-0.1, -0.05) is 25.7 Å². The van der Waals surface area contributed by atoms with Gasteiger partial charge in [-0.3, -0.25) is 4.79 Å². The summed E-state index contributed by atoms with van der Waals surface area (Å²) in [5.74, 6) is 0.434. The van der Waals surface area contributed by atoms with E-state index in [2.05, 4.69) is 15.5 Å². The molecule has 0 saturated heterocycles. The van der Waals surface area contributed by atoms with E-state index in [1.54, 1.807) is 11.0 Å². The minimum atomic E-state index is -0.0654. The van der Waals surface area contributed by atoms with Crippen molar-refractivity contribution in [1.82, 2.24) is 20.3 Å². The minimum absolute atomic E-state index is 0.0652. The highest BCUT2D eigenvalue weighted by Gasteiger charge is 2.27. The number of aryl methyl sites for hydroxylation is 1. The van der Waals surface area contributed by atoms with Crippen molar-refractivity contribution in [3.63, 3.8) is 0 Å². The Bertz CT molecular complexity index is 437. The Morgan fingerprint density at radius 1 is 1.43 bits per heavy atom. The van der Waals surface area contributed by atoms with E-state index in [0.29, 0.717) is 19.0 Å². The van der Waals surface area contributed by atoms with Crippen LogP contribution in [0.4, 0.5) is 0 Å². The van der Waals surface area contributed by atoms with E-state index in [4.69, 9.17) is 5.73 Å². The Kier molecular flexibility index (Phi) is 6.17. The van der Waals surface area contributed by atoms with E-state index in [1.165, 1.54) is 25.7 Å². The van der Waals surface area contributed by atoms with Crippen molar-refractivity contribution >= 4 is 5.91 Å². The standard InChI is InChI=1S/C15H27N5O/c1-2-20-18-11-13(19-20)10-17-15(21)14(9-16)12-7-5-3-4-6-8-12/h11-12,14H,2-10,16H2,1H3,(H,17,21). The molecule has 118 valence electrons. The van der Waals surface area contributed by atoms with Gasteiger partial charge in [-0.05, 0) is 25.7 Å². The molecule has 1 unspecified atom stereocenters. The van der Waals surface area contributed by atoms with E-state index >= 15 is 0 Å². The van der Waals surface area contributed by atoms with Gasteiger partial charge in [-0.25, -0.2) is 0 Å². The Morgan fingerprint density at radius 2 is 2.14 bits per heavy atom. The van der Waals surface area contributed by atoms with Crippen LogP contribution in [-0.2, 0) is 17.9 Å². The maximum Gasteiger partial charge on any atom is 0.224 e. The molecule has 6 nitrogen and oxygen atoms in total. The summed E-state index contributed by atoms with van der Waals surface area (Å²) >= 11 is 0. The fourth-order valence-electron chi connectivity index (χ4n) is 3.10. The largest absolute Gasteiger partial charge is 0.350 e. The molecule has 2 rings (SSSR count). The van der Waals surface area contributed by atoms with Gasteiger partial charge < -0.3 is 11.1 Å². The van der Waals surface area contributed by atoms with Crippen LogP contribution >= 0.6 is 0 Å². The number of hydrogen-bond donors (Lipinski definition) is 2. The van der Waals surface area contributed by atoms with Gasteiger partial charge in [-0.2, -0.15) is 15.0 Å². The van der Waals surface area contributed by atoms with Crippen molar-refractivity contribution in [3.8, 4) is 0 Å². The molecular weight excluding hydrogens is 266 g/mol. The molecule has 0 aromatic carbocycles. The van der Waals surface area contributed by atoms with Crippen LogP contribution in [0.5, 0.6) is 0 Å². The van der Waals surface area contributed by atoms with Crippen LogP contribution in [0.15, 0.2) is 6.20 Å². The topological polar surface area (TPSA) is 85.8 Å². The van der Waals surface area contributed by atoms with Crippen LogP contribution in [0, 0.1) is 11.8 Å². The number of carbonyl (C=O) groups excluding carboxylic acids is 1. The number of nitrogens with one attached hydrogen (secondary N) is 1. The van der Waals surface area contributed by atoms with Crippen LogP contribution in [0.3, 0.4) is 0 Å². The zero-order valence-electron chi connectivity index (χ0n) is 12.9. The molecule has 21 heavy (non-hydrogen) atoms. The van der Waals surface area contributed by atoms with Crippen LogP contribution in [0.25, 0.3) is 0 Å². The maximum atomic E-state index is 12.4. The molecule has 6 heteroatoms. The van der Waals surface area contributed by atoms with Crippen molar-refractivity contribution in [2.75, 3.05) is 6.54 Å². The van der Waals surface area contributed by atoms with E-state index in [1.807, 2.05) is 6.92 Å². The molecule has 1 aliphatic rings.